The van der Waals surface area contributed by atoms with E-state index in [1.807, 2.05) is 70.2 Å². The highest BCUT2D eigenvalue weighted by Crippen LogP contribution is 2.27. The van der Waals surface area contributed by atoms with E-state index in [0.717, 1.165) is 32.4 Å². The number of fused-ring (bicyclic) bond motifs is 1. The van der Waals surface area contributed by atoms with Gasteiger partial charge in [-0.05, 0) is 52.0 Å². The third-order valence-electron chi connectivity index (χ3n) is 3.38. The molecular formula is C20H23N3O2S. The SMILES string of the molecule is CC(C)Oc1ccc(/C=N\Nc2nc3ccccc3s2)c(OC(C)C)c1. The van der Waals surface area contributed by atoms with Gasteiger partial charge in [0, 0.05) is 11.6 Å². The van der Waals surface area contributed by atoms with Crippen LogP contribution in [0, 0.1) is 0 Å². The van der Waals surface area contributed by atoms with Gasteiger partial charge in [-0.25, -0.2) is 4.98 Å². The molecule has 0 unspecified atom stereocenters. The molecule has 0 atom stereocenters. The largest absolute Gasteiger partial charge is 0.491 e. The predicted octanol–water partition coefficient (Wildman–Crippen LogP) is 5.32. The van der Waals surface area contributed by atoms with Crippen molar-refractivity contribution < 1.29 is 9.47 Å². The van der Waals surface area contributed by atoms with Crippen LogP contribution in [0.3, 0.4) is 0 Å². The summed E-state index contributed by atoms with van der Waals surface area (Å²) in [6.07, 6.45) is 1.92. The third-order valence-corrected chi connectivity index (χ3v) is 4.32. The van der Waals surface area contributed by atoms with Gasteiger partial charge in [-0.1, -0.05) is 23.5 Å². The maximum Gasteiger partial charge on any atom is 0.204 e. The molecule has 136 valence electrons. The Kier molecular flexibility index (Phi) is 5.73. The molecule has 1 heterocycles. The quantitative estimate of drug-likeness (QED) is 0.452. The molecule has 26 heavy (non-hydrogen) atoms. The molecule has 0 saturated carbocycles. The van der Waals surface area contributed by atoms with Gasteiger partial charge in [-0.2, -0.15) is 5.10 Å². The molecule has 0 aliphatic heterocycles. The van der Waals surface area contributed by atoms with Crippen LogP contribution >= 0.6 is 11.3 Å². The van der Waals surface area contributed by atoms with Crippen molar-refractivity contribution in [2.45, 2.75) is 39.9 Å². The van der Waals surface area contributed by atoms with Crippen LogP contribution in [0.2, 0.25) is 0 Å². The lowest BCUT2D eigenvalue weighted by Crippen LogP contribution is -2.09. The molecule has 3 rings (SSSR count). The summed E-state index contributed by atoms with van der Waals surface area (Å²) >= 11 is 1.57. The number of rotatable bonds is 7. The molecule has 0 bridgehead atoms. The van der Waals surface area contributed by atoms with Gasteiger partial charge in [-0.3, -0.25) is 5.43 Å². The minimum Gasteiger partial charge on any atom is -0.491 e. The molecular weight excluding hydrogens is 346 g/mol. The van der Waals surface area contributed by atoms with Crippen molar-refractivity contribution in [3.05, 3.63) is 48.0 Å². The summed E-state index contributed by atoms with van der Waals surface area (Å²) in [5.74, 6) is 1.53. The van der Waals surface area contributed by atoms with E-state index in [9.17, 15) is 0 Å². The molecule has 0 aliphatic rings. The lowest BCUT2D eigenvalue weighted by Gasteiger charge is -2.15. The lowest BCUT2D eigenvalue weighted by molar-refractivity contribution is 0.229. The fourth-order valence-corrected chi connectivity index (χ4v) is 3.22. The van der Waals surface area contributed by atoms with Gasteiger partial charge in [-0.15, -0.1) is 0 Å². The van der Waals surface area contributed by atoms with Gasteiger partial charge in [0.25, 0.3) is 0 Å². The van der Waals surface area contributed by atoms with Crippen LogP contribution in [0.5, 0.6) is 11.5 Å². The van der Waals surface area contributed by atoms with Gasteiger partial charge in [0.05, 0.1) is 28.6 Å². The van der Waals surface area contributed by atoms with Gasteiger partial charge < -0.3 is 9.47 Å². The van der Waals surface area contributed by atoms with E-state index in [0.29, 0.717) is 0 Å². The first kappa shape index (κ1) is 18.2. The summed E-state index contributed by atoms with van der Waals surface area (Å²) in [5.41, 5.74) is 4.85. The van der Waals surface area contributed by atoms with E-state index in [2.05, 4.69) is 15.5 Å². The molecule has 0 spiro atoms. The monoisotopic (exact) mass is 369 g/mol. The average molecular weight is 369 g/mol. The van der Waals surface area contributed by atoms with E-state index in [4.69, 9.17) is 9.47 Å². The summed E-state index contributed by atoms with van der Waals surface area (Å²) in [6, 6.07) is 13.8. The normalized spacial score (nSPS) is 11.6. The molecule has 0 amide bonds. The van der Waals surface area contributed by atoms with Crippen molar-refractivity contribution in [3.8, 4) is 11.5 Å². The minimum absolute atomic E-state index is 0.0636. The molecule has 1 aromatic heterocycles. The Hall–Kier alpha value is -2.60. The number of nitrogens with one attached hydrogen (secondary N) is 1. The topological polar surface area (TPSA) is 55.7 Å². The Balaban J connectivity index is 1.77. The van der Waals surface area contributed by atoms with Crippen molar-refractivity contribution in [2.24, 2.45) is 5.10 Å². The average Bonchev–Trinajstić information content (AvgIpc) is 2.98. The first-order valence-electron chi connectivity index (χ1n) is 8.63. The molecule has 0 saturated heterocycles. The van der Waals surface area contributed by atoms with Crippen LogP contribution in [0.25, 0.3) is 10.2 Å². The number of thiazole rings is 1. The van der Waals surface area contributed by atoms with Gasteiger partial charge in [0.2, 0.25) is 5.13 Å². The van der Waals surface area contributed by atoms with E-state index < -0.39 is 0 Å². The number of ether oxygens (including phenoxy) is 2. The van der Waals surface area contributed by atoms with Gasteiger partial charge >= 0.3 is 0 Å². The fourth-order valence-electron chi connectivity index (χ4n) is 2.40. The molecule has 1 N–H and O–H groups in total. The van der Waals surface area contributed by atoms with Crippen LogP contribution < -0.4 is 14.9 Å². The molecule has 3 aromatic rings. The Morgan fingerprint density at radius 2 is 1.81 bits per heavy atom. The van der Waals surface area contributed by atoms with Crippen LogP contribution in [0.15, 0.2) is 47.6 Å². The second-order valence-corrected chi connectivity index (χ2v) is 7.42. The second kappa shape index (κ2) is 8.19. The van der Waals surface area contributed by atoms with E-state index >= 15 is 0 Å². The zero-order valence-electron chi connectivity index (χ0n) is 15.4. The minimum atomic E-state index is 0.0636. The number of nitrogens with zero attached hydrogens (tertiary/aromatic N) is 2. The number of benzene rings is 2. The molecule has 0 fully saturated rings. The maximum atomic E-state index is 5.91. The summed E-state index contributed by atoms with van der Waals surface area (Å²) in [7, 11) is 0. The number of para-hydroxylation sites is 1. The highest BCUT2D eigenvalue weighted by molar-refractivity contribution is 7.22. The number of hydrazone groups is 1. The van der Waals surface area contributed by atoms with E-state index in [1.54, 1.807) is 17.6 Å². The first-order valence-corrected chi connectivity index (χ1v) is 9.45. The second-order valence-electron chi connectivity index (χ2n) is 6.39. The van der Waals surface area contributed by atoms with Crippen LogP contribution in [-0.4, -0.2) is 23.4 Å². The summed E-state index contributed by atoms with van der Waals surface area (Å²) in [6.45, 7) is 7.99. The van der Waals surface area contributed by atoms with Crippen LogP contribution in [0.1, 0.15) is 33.3 Å². The van der Waals surface area contributed by atoms with Crippen molar-refractivity contribution in [1.82, 2.24) is 4.98 Å². The fraction of sp³-hybridized carbons (Fsp3) is 0.300. The summed E-state index contributed by atoms with van der Waals surface area (Å²) in [4.78, 5) is 4.50. The van der Waals surface area contributed by atoms with E-state index in [-0.39, 0.29) is 12.2 Å². The number of aromatic nitrogens is 1. The smallest absolute Gasteiger partial charge is 0.204 e. The lowest BCUT2D eigenvalue weighted by atomic mass is 10.2. The van der Waals surface area contributed by atoms with Crippen molar-refractivity contribution in [1.29, 1.82) is 0 Å². The third kappa shape index (κ3) is 4.73. The molecule has 5 nitrogen and oxygen atoms in total. The number of hydrogen-bond acceptors (Lipinski definition) is 6. The zero-order valence-corrected chi connectivity index (χ0v) is 16.2. The molecule has 6 heteroatoms. The van der Waals surface area contributed by atoms with Gasteiger partial charge in [0.15, 0.2) is 0 Å². The zero-order chi connectivity index (χ0) is 18.5. The van der Waals surface area contributed by atoms with Crippen LogP contribution in [0.4, 0.5) is 5.13 Å². The molecule has 0 aliphatic carbocycles. The van der Waals surface area contributed by atoms with Crippen molar-refractivity contribution in [2.75, 3.05) is 5.43 Å². The molecule has 2 aromatic carbocycles. The summed E-state index contributed by atoms with van der Waals surface area (Å²) in [5, 5.41) is 5.08. The summed E-state index contributed by atoms with van der Waals surface area (Å²) < 4.78 is 12.8. The molecule has 0 radical (unpaired) electrons. The predicted molar refractivity (Wildman–Crippen MR) is 109 cm³/mol. The number of hydrogen-bond donors (Lipinski definition) is 1. The Morgan fingerprint density at radius 3 is 2.54 bits per heavy atom. The van der Waals surface area contributed by atoms with Crippen molar-refractivity contribution >= 4 is 32.9 Å². The highest BCUT2D eigenvalue weighted by atomic mass is 32.1. The highest BCUT2D eigenvalue weighted by Gasteiger charge is 2.08. The van der Waals surface area contributed by atoms with Gasteiger partial charge in [0.1, 0.15) is 11.5 Å². The standard InChI is InChI=1S/C20H23N3O2S/c1-13(2)24-16-10-9-15(18(11-16)25-14(3)4)12-21-23-20-22-17-7-5-6-8-19(17)26-20/h5-14H,1-4H3,(H,22,23)/b21-12-. The Labute approximate surface area is 157 Å². The van der Waals surface area contributed by atoms with E-state index in [1.165, 1.54) is 0 Å². The van der Waals surface area contributed by atoms with Crippen LogP contribution in [-0.2, 0) is 0 Å². The van der Waals surface area contributed by atoms with Crippen molar-refractivity contribution in [3.63, 3.8) is 0 Å². The maximum absolute atomic E-state index is 5.91. The number of anilines is 1. The first-order chi connectivity index (χ1) is 12.5. The Bertz CT molecular complexity index is 870. The Morgan fingerprint density at radius 1 is 1.04 bits per heavy atom.